The number of aromatic nitrogens is 3. The summed E-state index contributed by atoms with van der Waals surface area (Å²) in [5, 5.41) is 3.95. The Morgan fingerprint density at radius 3 is 2.40 bits per heavy atom. The standard InChI is InChI=1S/C18H15BrN4O2/c19-15-8-6-14(7-9-15)17(24)10-23(16-4-2-1-3-5-16)18(25)11-22-13-20-12-21-22/h1-9,12-13H,10-11H2. The van der Waals surface area contributed by atoms with Crippen LogP contribution in [0.1, 0.15) is 10.4 Å². The predicted octanol–water partition coefficient (Wildman–Crippen LogP) is 2.96. The lowest BCUT2D eigenvalue weighted by Crippen LogP contribution is -2.38. The number of hydrogen-bond donors (Lipinski definition) is 0. The quantitative estimate of drug-likeness (QED) is 0.598. The monoisotopic (exact) mass is 398 g/mol. The van der Waals surface area contributed by atoms with Crippen molar-refractivity contribution in [3.05, 3.63) is 77.3 Å². The summed E-state index contributed by atoms with van der Waals surface area (Å²) in [4.78, 5) is 30.6. The molecule has 3 aromatic rings. The molecule has 1 heterocycles. The van der Waals surface area contributed by atoms with Crippen LogP contribution in [-0.2, 0) is 11.3 Å². The van der Waals surface area contributed by atoms with E-state index < -0.39 is 0 Å². The molecule has 0 spiro atoms. The highest BCUT2D eigenvalue weighted by Crippen LogP contribution is 2.16. The third-order valence-corrected chi connectivity index (χ3v) is 4.13. The van der Waals surface area contributed by atoms with Crippen molar-refractivity contribution in [3.8, 4) is 0 Å². The van der Waals surface area contributed by atoms with Crippen LogP contribution in [0.4, 0.5) is 5.69 Å². The number of carbonyl (C=O) groups excluding carboxylic acids is 2. The highest BCUT2D eigenvalue weighted by molar-refractivity contribution is 9.10. The Labute approximate surface area is 153 Å². The molecule has 1 aromatic heterocycles. The molecule has 7 heteroatoms. The van der Waals surface area contributed by atoms with Crippen LogP contribution in [0.3, 0.4) is 0 Å². The zero-order valence-corrected chi connectivity index (χ0v) is 14.8. The van der Waals surface area contributed by atoms with Gasteiger partial charge in [0.15, 0.2) is 5.78 Å². The fourth-order valence-electron chi connectivity index (χ4n) is 2.34. The Bertz CT molecular complexity index is 849. The lowest BCUT2D eigenvalue weighted by atomic mass is 10.1. The molecule has 25 heavy (non-hydrogen) atoms. The van der Waals surface area contributed by atoms with Gasteiger partial charge in [0.1, 0.15) is 19.2 Å². The summed E-state index contributed by atoms with van der Waals surface area (Å²) in [6.07, 6.45) is 2.84. The van der Waals surface area contributed by atoms with Crippen LogP contribution in [0.25, 0.3) is 0 Å². The summed E-state index contributed by atoms with van der Waals surface area (Å²) in [7, 11) is 0. The van der Waals surface area contributed by atoms with Gasteiger partial charge >= 0.3 is 0 Å². The number of anilines is 1. The van der Waals surface area contributed by atoms with E-state index in [0.717, 1.165) is 4.47 Å². The number of ketones is 1. The summed E-state index contributed by atoms with van der Waals surface area (Å²) in [6, 6.07) is 16.2. The fourth-order valence-corrected chi connectivity index (χ4v) is 2.60. The van der Waals surface area contributed by atoms with E-state index in [1.54, 1.807) is 36.4 Å². The van der Waals surface area contributed by atoms with Crippen molar-refractivity contribution in [1.29, 1.82) is 0 Å². The molecule has 0 N–H and O–H groups in total. The van der Waals surface area contributed by atoms with Gasteiger partial charge < -0.3 is 4.90 Å². The van der Waals surface area contributed by atoms with Gasteiger partial charge in [0.2, 0.25) is 5.91 Å². The Morgan fingerprint density at radius 2 is 1.76 bits per heavy atom. The molecule has 0 fully saturated rings. The average molecular weight is 399 g/mol. The number of Topliss-reactive ketones (excluding diaryl/α,β-unsaturated/α-hetero) is 1. The minimum Gasteiger partial charge on any atom is -0.303 e. The molecule has 3 rings (SSSR count). The summed E-state index contributed by atoms with van der Waals surface area (Å²) >= 11 is 3.35. The van der Waals surface area contributed by atoms with Gasteiger partial charge in [-0.1, -0.05) is 46.3 Å². The molecule has 0 radical (unpaired) electrons. The van der Waals surface area contributed by atoms with E-state index in [2.05, 4.69) is 26.0 Å². The molecule has 0 aliphatic rings. The molecule has 0 unspecified atom stereocenters. The Morgan fingerprint density at radius 1 is 1.04 bits per heavy atom. The van der Waals surface area contributed by atoms with Gasteiger partial charge in [-0.2, -0.15) is 5.10 Å². The minimum absolute atomic E-state index is 0.0164. The molecule has 2 aromatic carbocycles. The Balaban J connectivity index is 1.82. The molecule has 0 bridgehead atoms. The molecule has 0 aliphatic carbocycles. The van der Waals surface area contributed by atoms with E-state index in [1.807, 2.05) is 18.2 Å². The average Bonchev–Trinajstić information content (AvgIpc) is 3.13. The first kappa shape index (κ1) is 17.0. The first-order valence-corrected chi connectivity index (χ1v) is 8.39. The van der Waals surface area contributed by atoms with Crippen LogP contribution in [-0.4, -0.2) is 33.0 Å². The van der Waals surface area contributed by atoms with Crippen LogP contribution in [0.15, 0.2) is 71.7 Å². The van der Waals surface area contributed by atoms with Crippen LogP contribution in [0.5, 0.6) is 0 Å². The van der Waals surface area contributed by atoms with Crippen molar-refractivity contribution in [2.75, 3.05) is 11.4 Å². The van der Waals surface area contributed by atoms with Crippen molar-refractivity contribution in [2.24, 2.45) is 0 Å². The second-order valence-electron chi connectivity index (χ2n) is 5.34. The first-order valence-electron chi connectivity index (χ1n) is 7.60. The Kier molecular flexibility index (Phi) is 5.35. The maximum atomic E-state index is 12.7. The molecule has 1 amide bonds. The lowest BCUT2D eigenvalue weighted by molar-refractivity contribution is -0.119. The maximum Gasteiger partial charge on any atom is 0.249 e. The smallest absolute Gasteiger partial charge is 0.249 e. The van der Waals surface area contributed by atoms with Crippen LogP contribution in [0, 0.1) is 0 Å². The number of rotatable bonds is 6. The SMILES string of the molecule is O=C(CN(C(=O)Cn1cncn1)c1ccccc1)c1ccc(Br)cc1. The number of hydrogen-bond acceptors (Lipinski definition) is 4. The molecule has 0 saturated heterocycles. The van der Waals surface area contributed by atoms with Crippen molar-refractivity contribution in [2.45, 2.75) is 6.54 Å². The molecule has 6 nitrogen and oxygen atoms in total. The van der Waals surface area contributed by atoms with Gasteiger partial charge in [0.05, 0.1) is 6.54 Å². The number of carbonyl (C=O) groups is 2. The Hall–Kier alpha value is -2.80. The van der Waals surface area contributed by atoms with E-state index >= 15 is 0 Å². The maximum absolute atomic E-state index is 12.7. The zero-order chi connectivity index (χ0) is 17.6. The highest BCUT2D eigenvalue weighted by atomic mass is 79.9. The van der Waals surface area contributed by atoms with Crippen LogP contribution < -0.4 is 4.90 Å². The van der Waals surface area contributed by atoms with Gasteiger partial charge in [-0.05, 0) is 24.3 Å². The number of nitrogens with zero attached hydrogens (tertiary/aromatic N) is 4. The molecule has 126 valence electrons. The lowest BCUT2D eigenvalue weighted by Gasteiger charge is -2.22. The second-order valence-corrected chi connectivity index (χ2v) is 6.25. The largest absolute Gasteiger partial charge is 0.303 e. The van der Waals surface area contributed by atoms with Crippen LogP contribution >= 0.6 is 15.9 Å². The predicted molar refractivity (Wildman–Crippen MR) is 97.3 cm³/mol. The number of halogens is 1. The number of para-hydroxylation sites is 1. The third kappa shape index (κ3) is 4.39. The van der Waals surface area contributed by atoms with E-state index in [9.17, 15) is 9.59 Å². The van der Waals surface area contributed by atoms with Gasteiger partial charge in [-0.15, -0.1) is 0 Å². The fraction of sp³-hybridized carbons (Fsp3) is 0.111. The normalized spacial score (nSPS) is 10.4. The number of benzene rings is 2. The summed E-state index contributed by atoms with van der Waals surface area (Å²) in [6.45, 7) is -0.0261. The summed E-state index contributed by atoms with van der Waals surface area (Å²) < 4.78 is 2.33. The van der Waals surface area contributed by atoms with Gasteiger partial charge in [0, 0.05) is 15.7 Å². The highest BCUT2D eigenvalue weighted by Gasteiger charge is 2.20. The van der Waals surface area contributed by atoms with Gasteiger partial charge in [0.25, 0.3) is 0 Å². The van der Waals surface area contributed by atoms with Crippen molar-refractivity contribution < 1.29 is 9.59 Å². The summed E-state index contributed by atoms with van der Waals surface area (Å²) in [5.41, 5.74) is 1.22. The molecular formula is C18H15BrN4O2. The molecule has 0 atom stereocenters. The number of amides is 1. The van der Waals surface area contributed by atoms with Crippen molar-refractivity contribution >= 4 is 33.3 Å². The second kappa shape index (κ2) is 7.85. The molecule has 0 saturated carbocycles. The van der Waals surface area contributed by atoms with Gasteiger partial charge in [-0.25, -0.2) is 9.67 Å². The van der Waals surface area contributed by atoms with Gasteiger partial charge in [-0.3, -0.25) is 9.59 Å². The topological polar surface area (TPSA) is 68.1 Å². The zero-order valence-electron chi connectivity index (χ0n) is 13.2. The van der Waals surface area contributed by atoms with Crippen molar-refractivity contribution in [3.63, 3.8) is 0 Å². The summed E-state index contributed by atoms with van der Waals surface area (Å²) in [5.74, 6) is -0.370. The van der Waals surface area contributed by atoms with E-state index in [4.69, 9.17) is 0 Å². The van der Waals surface area contributed by atoms with Crippen molar-refractivity contribution in [1.82, 2.24) is 14.8 Å². The minimum atomic E-state index is -0.234. The van der Waals surface area contributed by atoms with Crippen LogP contribution in [0.2, 0.25) is 0 Å². The van der Waals surface area contributed by atoms with E-state index in [1.165, 1.54) is 22.2 Å². The first-order chi connectivity index (χ1) is 12.1. The third-order valence-electron chi connectivity index (χ3n) is 3.60. The molecular weight excluding hydrogens is 384 g/mol. The van der Waals surface area contributed by atoms with E-state index in [0.29, 0.717) is 11.3 Å². The molecule has 0 aliphatic heterocycles. The van der Waals surface area contributed by atoms with E-state index in [-0.39, 0.29) is 24.8 Å².